The van der Waals surface area contributed by atoms with Crippen LogP contribution in [0.15, 0.2) is 11.1 Å². The van der Waals surface area contributed by atoms with Gasteiger partial charge in [-0.1, -0.05) is 0 Å². The number of sulfone groups is 1. The molecule has 1 rings (SSSR count). The molecule has 0 radical (unpaired) electrons. The third-order valence-corrected chi connectivity index (χ3v) is 4.17. The van der Waals surface area contributed by atoms with Crippen LogP contribution in [-0.4, -0.2) is 49.0 Å². The lowest BCUT2D eigenvalue weighted by Crippen LogP contribution is -2.24. The average molecular weight is 277 g/mol. The number of aromatic nitrogens is 2. The first-order chi connectivity index (χ1) is 7.88. The predicted octanol–water partition coefficient (Wildman–Crippen LogP) is 0.455. The van der Waals surface area contributed by atoms with Crippen molar-refractivity contribution in [2.24, 2.45) is 7.05 Å². The van der Waals surface area contributed by atoms with E-state index < -0.39 is 9.84 Å². The summed E-state index contributed by atoms with van der Waals surface area (Å²) in [5.41, 5.74) is 1.01. The van der Waals surface area contributed by atoms with Crippen molar-refractivity contribution in [2.45, 2.75) is 11.9 Å². The van der Waals surface area contributed by atoms with Gasteiger partial charge >= 0.3 is 0 Å². The van der Waals surface area contributed by atoms with Crippen LogP contribution in [0, 0.1) is 6.92 Å². The molecule has 0 saturated carbocycles. The van der Waals surface area contributed by atoms with Gasteiger partial charge in [-0.15, -0.1) is 11.8 Å². The molecule has 0 fully saturated rings. The Bertz CT molecular complexity index is 454. The lowest BCUT2D eigenvalue weighted by molar-refractivity contribution is 0.598. The molecule has 7 heteroatoms. The van der Waals surface area contributed by atoms with E-state index in [9.17, 15) is 8.42 Å². The first-order valence-corrected chi connectivity index (χ1v) is 8.45. The summed E-state index contributed by atoms with van der Waals surface area (Å²) in [6.07, 6.45) is 1.25. The SMILES string of the molecule is Cc1cc(SCCNCCS(C)(=O)=O)n(C)n1. The highest BCUT2D eigenvalue weighted by Gasteiger charge is 2.03. The van der Waals surface area contributed by atoms with Crippen molar-refractivity contribution in [1.29, 1.82) is 0 Å². The van der Waals surface area contributed by atoms with Crippen molar-refractivity contribution in [2.75, 3.05) is 30.9 Å². The summed E-state index contributed by atoms with van der Waals surface area (Å²) in [6, 6.07) is 2.04. The fourth-order valence-electron chi connectivity index (χ4n) is 1.33. The van der Waals surface area contributed by atoms with Gasteiger partial charge in [0.25, 0.3) is 0 Å². The molecular weight excluding hydrogens is 258 g/mol. The molecule has 17 heavy (non-hydrogen) atoms. The first kappa shape index (κ1) is 14.5. The highest BCUT2D eigenvalue weighted by molar-refractivity contribution is 7.99. The van der Waals surface area contributed by atoms with Crippen LogP contribution in [0.5, 0.6) is 0 Å². The van der Waals surface area contributed by atoms with Crippen molar-refractivity contribution in [3.8, 4) is 0 Å². The molecule has 98 valence electrons. The van der Waals surface area contributed by atoms with Gasteiger partial charge in [-0.2, -0.15) is 5.10 Å². The van der Waals surface area contributed by atoms with E-state index >= 15 is 0 Å². The van der Waals surface area contributed by atoms with Crippen molar-refractivity contribution < 1.29 is 8.42 Å². The smallest absolute Gasteiger partial charge is 0.148 e. The van der Waals surface area contributed by atoms with E-state index in [2.05, 4.69) is 10.4 Å². The zero-order valence-electron chi connectivity index (χ0n) is 10.4. The van der Waals surface area contributed by atoms with E-state index in [1.807, 2.05) is 24.7 Å². The molecule has 1 aromatic heterocycles. The summed E-state index contributed by atoms with van der Waals surface area (Å²) in [5, 5.41) is 8.50. The molecule has 0 amide bonds. The summed E-state index contributed by atoms with van der Waals surface area (Å²) >= 11 is 1.71. The highest BCUT2D eigenvalue weighted by atomic mass is 32.2. The zero-order chi connectivity index (χ0) is 12.9. The van der Waals surface area contributed by atoms with Crippen LogP contribution in [-0.2, 0) is 16.9 Å². The van der Waals surface area contributed by atoms with E-state index in [1.54, 1.807) is 11.8 Å². The lowest BCUT2D eigenvalue weighted by atomic mass is 10.5. The Hall–Kier alpha value is -0.530. The molecule has 5 nitrogen and oxygen atoms in total. The molecule has 1 aromatic rings. The second-order valence-electron chi connectivity index (χ2n) is 3.98. The van der Waals surface area contributed by atoms with E-state index in [4.69, 9.17) is 0 Å². The molecular formula is C10H19N3O2S2. The van der Waals surface area contributed by atoms with Gasteiger partial charge in [-0.25, -0.2) is 8.42 Å². The van der Waals surface area contributed by atoms with Gasteiger partial charge in [0, 0.05) is 32.1 Å². The van der Waals surface area contributed by atoms with Gasteiger partial charge in [0.15, 0.2) is 0 Å². The molecule has 0 spiro atoms. The molecule has 0 aliphatic rings. The van der Waals surface area contributed by atoms with E-state index in [-0.39, 0.29) is 5.75 Å². The minimum Gasteiger partial charge on any atom is -0.315 e. The lowest BCUT2D eigenvalue weighted by Gasteiger charge is -2.04. The van der Waals surface area contributed by atoms with Crippen LogP contribution in [0.4, 0.5) is 0 Å². The Kier molecular flexibility index (Phi) is 5.48. The van der Waals surface area contributed by atoms with Crippen molar-refractivity contribution >= 4 is 21.6 Å². The van der Waals surface area contributed by atoms with Crippen molar-refractivity contribution in [1.82, 2.24) is 15.1 Å². The Morgan fingerprint density at radius 1 is 1.47 bits per heavy atom. The second kappa shape index (κ2) is 6.42. The zero-order valence-corrected chi connectivity index (χ0v) is 12.1. The van der Waals surface area contributed by atoms with Crippen LogP contribution >= 0.6 is 11.8 Å². The van der Waals surface area contributed by atoms with Gasteiger partial charge in [0.05, 0.1) is 16.5 Å². The summed E-state index contributed by atoms with van der Waals surface area (Å²) in [7, 11) is -0.927. The topological polar surface area (TPSA) is 64.0 Å². The van der Waals surface area contributed by atoms with Gasteiger partial charge in [-0.3, -0.25) is 4.68 Å². The number of nitrogens with one attached hydrogen (secondary N) is 1. The summed E-state index contributed by atoms with van der Waals surface area (Å²) < 4.78 is 23.6. The average Bonchev–Trinajstić information content (AvgIpc) is 2.49. The Balaban J connectivity index is 2.15. The number of thioether (sulfide) groups is 1. The normalized spacial score (nSPS) is 11.9. The molecule has 0 aromatic carbocycles. The highest BCUT2D eigenvalue weighted by Crippen LogP contribution is 2.17. The molecule has 1 N–H and O–H groups in total. The van der Waals surface area contributed by atoms with Crippen LogP contribution < -0.4 is 5.32 Å². The number of rotatable bonds is 7. The molecule has 0 unspecified atom stereocenters. The number of nitrogens with zero attached hydrogens (tertiary/aromatic N) is 2. The van der Waals surface area contributed by atoms with Gasteiger partial charge in [0.2, 0.25) is 0 Å². The first-order valence-electron chi connectivity index (χ1n) is 5.40. The fourth-order valence-corrected chi connectivity index (χ4v) is 2.78. The van der Waals surface area contributed by atoms with Crippen LogP contribution in [0.25, 0.3) is 0 Å². The van der Waals surface area contributed by atoms with E-state index in [0.29, 0.717) is 6.54 Å². The summed E-state index contributed by atoms with van der Waals surface area (Å²) in [5.74, 6) is 1.10. The second-order valence-corrected chi connectivity index (χ2v) is 7.35. The summed E-state index contributed by atoms with van der Waals surface area (Å²) in [4.78, 5) is 0. The minimum absolute atomic E-state index is 0.197. The number of aryl methyl sites for hydroxylation is 2. The van der Waals surface area contributed by atoms with Gasteiger partial charge in [-0.05, 0) is 13.0 Å². The Labute approximate surface area is 107 Å². The molecule has 0 bridgehead atoms. The maximum absolute atomic E-state index is 10.9. The largest absolute Gasteiger partial charge is 0.315 e. The quantitative estimate of drug-likeness (QED) is 0.579. The number of hydrogen-bond acceptors (Lipinski definition) is 5. The Morgan fingerprint density at radius 3 is 2.71 bits per heavy atom. The van der Waals surface area contributed by atoms with Gasteiger partial charge < -0.3 is 5.32 Å². The molecule has 0 atom stereocenters. The predicted molar refractivity (Wildman–Crippen MR) is 71.2 cm³/mol. The molecule has 1 heterocycles. The molecule has 0 saturated heterocycles. The summed E-state index contributed by atoms with van der Waals surface area (Å²) in [6.45, 7) is 3.28. The van der Waals surface area contributed by atoms with Crippen molar-refractivity contribution in [3.05, 3.63) is 11.8 Å². The van der Waals surface area contributed by atoms with Gasteiger partial charge in [0.1, 0.15) is 9.84 Å². The van der Waals surface area contributed by atoms with Crippen LogP contribution in [0.2, 0.25) is 0 Å². The molecule has 0 aliphatic heterocycles. The molecule has 0 aliphatic carbocycles. The standard InChI is InChI=1S/C10H19N3O2S2/c1-9-8-10(13(2)12-9)16-6-4-11-5-7-17(3,14)15/h8,11H,4-7H2,1-3H3. The Morgan fingerprint density at radius 2 is 2.18 bits per heavy atom. The number of hydrogen-bond donors (Lipinski definition) is 1. The van der Waals surface area contributed by atoms with E-state index in [1.165, 1.54) is 6.26 Å². The third kappa shape index (κ3) is 6.09. The maximum atomic E-state index is 10.9. The maximum Gasteiger partial charge on any atom is 0.148 e. The van der Waals surface area contributed by atoms with E-state index in [0.717, 1.165) is 23.0 Å². The minimum atomic E-state index is -2.85. The van der Waals surface area contributed by atoms with Crippen molar-refractivity contribution in [3.63, 3.8) is 0 Å². The van der Waals surface area contributed by atoms with Crippen LogP contribution in [0.3, 0.4) is 0 Å². The fraction of sp³-hybridized carbons (Fsp3) is 0.700. The monoisotopic (exact) mass is 277 g/mol. The third-order valence-electron chi connectivity index (χ3n) is 2.14. The van der Waals surface area contributed by atoms with Crippen LogP contribution in [0.1, 0.15) is 5.69 Å².